The molecule has 0 saturated carbocycles. The van der Waals surface area contributed by atoms with E-state index in [1.807, 2.05) is 18.2 Å². The highest BCUT2D eigenvalue weighted by atomic mass is 16.5. The van der Waals surface area contributed by atoms with Gasteiger partial charge in [0, 0.05) is 16.9 Å². The zero-order valence-corrected chi connectivity index (χ0v) is 13.4. The Hall–Kier alpha value is -2.21. The third-order valence-electron chi connectivity index (χ3n) is 4.43. The molecule has 0 bridgehead atoms. The van der Waals surface area contributed by atoms with Crippen LogP contribution in [0.5, 0.6) is 0 Å². The van der Waals surface area contributed by atoms with E-state index in [-0.39, 0.29) is 0 Å². The van der Waals surface area contributed by atoms with Crippen LogP contribution in [0, 0.1) is 0 Å². The zero-order valence-electron chi connectivity index (χ0n) is 13.4. The molecule has 6 heteroatoms. The molecule has 6 nitrogen and oxygen atoms in total. The van der Waals surface area contributed by atoms with Crippen molar-refractivity contribution in [2.45, 2.75) is 38.5 Å². The Morgan fingerprint density at radius 3 is 2.74 bits per heavy atom. The molecule has 1 fully saturated rings. The summed E-state index contributed by atoms with van der Waals surface area (Å²) in [6.45, 7) is 6.22. The van der Waals surface area contributed by atoms with Crippen LogP contribution in [0.25, 0.3) is 22.4 Å². The Kier molecular flexibility index (Phi) is 3.61. The number of benzene rings is 1. The average Bonchev–Trinajstić information content (AvgIpc) is 3.22. The maximum absolute atomic E-state index is 5.50. The summed E-state index contributed by atoms with van der Waals surface area (Å²) in [5.74, 6) is 2.05. The van der Waals surface area contributed by atoms with E-state index < -0.39 is 0 Å². The first-order chi connectivity index (χ1) is 11.2. The molecule has 0 spiro atoms. The second-order valence-electron chi connectivity index (χ2n) is 6.41. The highest BCUT2D eigenvalue weighted by Gasteiger charge is 2.22. The third-order valence-corrected chi connectivity index (χ3v) is 4.43. The van der Waals surface area contributed by atoms with Crippen LogP contribution in [-0.2, 0) is 0 Å². The van der Waals surface area contributed by atoms with Crippen LogP contribution < -0.4 is 5.32 Å². The van der Waals surface area contributed by atoms with Crippen molar-refractivity contribution in [3.63, 3.8) is 0 Å². The van der Waals surface area contributed by atoms with Crippen molar-refractivity contribution >= 4 is 11.0 Å². The quantitative estimate of drug-likeness (QED) is 0.798. The van der Waals surface area contributed by atoms with Gasteiger partial charge in [0.25, 0.3) is 0 Å². The Labute approximate surface area is 134 Å². The Bertz CT molecular complexity index is 815. The third kappa shape index (κ3) is 2.63. The van der Waals surface area contributed by atoms with Crippen LogP contribution in [-0.4, -0.2) is 28.4 Å². The Morgan fingerprint density at radius 2 is 1.96 bits per heavy atom. The molecule has 1 saturated heterocycles. The lowest BCUT2D eigenvalue weighted by Crippen LogP contribution is -2.26. The molecule has 23 heavy (non-hydrogen) atoms. The normalized spacial score (nSPS) is 16.5. The largest absolute Gasteiger partial charge is 0.356 e. The smallest absolute Gasteiger partial charge is 0.230 e. The zero-order chi connectivity index (χ0) is 15.8. The van der Waals surface area contributed by atoms with Gasteiger partial charge in [-0.25, -0.2) is 0 Å². The van der Waals surface area contributed by atoms with Crippen molar-refractivity contribution in [1.82, 2.24) is 20.6 Å². The first-order valence-corrected chi connectivity index (χ1v) is 8.16. The topological polar surface area (TPSA) is 77.0 Å². The van der Waals surface area contributed by atoms with Gasteiger partial charge in [-0.3, -0.25) is 0 Å². The molecular formula is C17H20N4O2. The summed E-state index contributed by atoms with van der Waals surface area (Å²) in [4.78, 5) is 4.61. The Morgan fingerprint density at radius 1 is 1.13 bits per heavy atom. The van der Waals surface area contributed by atoms with E-state index in [0.717, 1.165) is 54.0 Å². The van der Waals surface area contributed by atoms with E-state index in [1.165, 1.54) is 0 Å². The minimum atomic E-state index is 0.307. The molecule has 3 aromatic rings. The lowest BCUT2D eigenvalue weighted by Gasteiger charge is -2.18. The van der Waals surface area contributed by atoms with Crippen molar-refractivity contribution < 1.29 is 9.05 Å². The summed E-state index contributed by atoms with van der Waals surface area (Å²) in [5.41, 5.74) is 2.69. The highest BCUT2D eigenvalue weighted by molar-refractivity contribution is 5.84. The highest BCUT2D eigenvalue weighted by Crippen LogP contribution is 2.30. The lowest BCUT2D eigenvalue weighted by atomic mass is 9.98. The van der Waals surface area contributed by atoms with Gasteiger partial charge in [-0.15, -0.1) is 0 Å². The molecule has 0 unspecified atom stereocenters. The van der Waals surface area contributed by atoms with E-state index in [2.05, 4.69) is 34.5 Å². The van der Waals surface area contributed by atoms with Gasteiger partial charge in [0.15, 0.2) is 5.58 Å². The van der Waals surface area contributed by atoms with Crippen LogP contribution in [0.1, 0.15) is 50.1 Å². The Balaban J connectivity index is 1.68. The van der Waals surface area contributed by atoms with Gasteiger partial charge in [-0.2, -0.15) is 4.98 Å². The van der Waals surface area contributed by atoms with Crippen molar-refractivity contribution in [2.75, 3.05) is 13.1 Å². The summed E-state index contributed by atoms with van der Waals surface area (Å²) in [6, 6.07) is 5.91. The fourth-order valence-electron chi connectivity index (χ4n) is 3.10. The summed E-state index contributed by atoms with van der Waals surface area (Å²) in [5, 5.41) is 12.7. The molecule has 1 N–H and O–H groups in total. The minimum Gasteiger partial charge on any atom is -0.356 e. The van der Waals surface area contributed by atoms with Crippen LogP contribution in [0.2, 0.25) is 0 Å². The number of aromatic nitrogens is 3. The number of nitrogens with zero attached hydrogens (tertiary/aromatic N) is 3. The van der Waals surface area contributed by atoms with Gasteiger partial charge in [-0.1, -0.05) is 24.2 Å². The summed E-state index contributed by atoms with van der Waals surface area (Å²) < 4.78 is 10.9. The van der Waals surface area contributed by atoms with Crippen molar-refractivity contribution in [3.05, 3.63) is 29.8 Å². The van der Waals surface area contributed by atoms with Gasteiger partial charge < -0.3 is 14.4 Å². The van der Waals surface area contributed by atoms with Crippen LogP contribution in [0.3, 0.4) is 0 Å². The lowest BCUT2D eigenvalue weighted by molar-refractivity contribution is 0.320. The molecule has 3 heterocycles. The number of fused-ring (bicyclic) bond motifs is 1. The molecular weight excluding hydrogens is 292 g/mol. The summed E-state index contributed by atoms with van der Waals surface area (Å²) in [6.07, 6.45) is 2.09. The maximum Gasteiger partial charge on any atom is 0.230 e. The number of hydrogen-bond acceptors (Lipinski definition) is 6. The molecule has 0 atom stereocenters. The van der Waals surface area contributed by atoms with Crippen LogP contribution >= 0.6 is 0 Å². The molecule has 0 amide bonds. The fraction of sp³-hybridized carbons (Fsp3) is 0.471. The monoisotopic (exact) mass is 312 g/mol. The number of hydrogen-bond donors (Lipinski definition) is 1. The first kappa shape index (κ1) is 14.4. The summed E-state index contributed by atoms with van der Waals surface area (Å²) >= 11 is 0. The maximum atomic E-state index is 5.50. The summed E-state index contributed by atoms with van der Waals surface area (Å²) in [7, 11) is 0. The number of piperidine rings is 1. The predicted octanol–water partition coefficient (Wildman–Crippen LogP) is 3.47. The molecule has 0 radical (unpaired) electrons. The van der Waals surface area contributed by atoms with Gasteiger partial charge in [0.1, 0.15) is 0 Å². The second-order valence-corrected chi connectivity index (χ2v) is 6.41. The van der Waals surface area contributed by atoms with Crippen LogP contribution in [0.4, 0.5) is 0 Å². The van der Waals surface area contributed by atoms with E-state index in [1.54, 1.807) is 0 Å². The SMILES string of the molecule is CC(C)c1noc2ccc(-c3noc(C4CCNCC4)n3)cc12. The van der Waals surface area contributed by atoms with Gasteiger partial charge in [0.2, 0.25) is 11.7 Å². The molecule has 1 aromatic carbocycles. The van der Waals surface area contributed by atoms with E-state index in [0.29, 0.717) is 17.7 Å². The van der Waals surface area contributed by atoms with Crippen molar-refractivity contribution in [1.29, 1.82) is 0 Å². The molecule has 2 aromatic heterocycles. The molecule has 120 valence electrons. The minimum absolute atomic E-state index is 0.307. The standard InChI is InChI=1S/C17H20N4O2/c1-10(2)15-13-9-12(3-4-14(13)22-20-15)16-19-17(23-21-16)11-5-7-18-8-6-11/h3-4,9-11,18H,5-8H2,1-2H3. The van der Waals surface area contributed by atoms with E-state index >= 15 is 0 Å². The van der Waals surface area contributed by atoms with E-state index in [9.17, 15) is 0 Å². The molecule has 0 aliphatic carbocycles. The number of nitrogens with one attached hydrogen (secondary N) is 1. The van der Waals surface area contributed by atoms with Gasteiger partial charge >= 0.3 is 0 Å². The second kappa shape index (κ2) is 5.77. The van der Waals surface area contributed by atoms with Crippen LogP contribution in [0.15, 0.2) is 27.2 Å². The van der Waals surface area contributed by atoms with Crippen molar-refractivity contribution in [2.24, 2.45) is 0 Å². The molecule has 4 rings (SSSR count). The van der Waals surface area contributed by atoms with Gasteiger partial charge in [0.05, 0.1) is 5.69 Å². The van der Waals surface area contributed by atoms with E-state index in [4.69, 9.17) is 9.05 Å². The average molecular weight is 312 g/mol. The fourth-order valence-corrected chi connectivity index (χ4v) is 3.10. The predicted molar refractivity (Wildman–Crippen MR) is 86.2 cm³/mol. The van der Waals surface area contributed by atoms with Crippen molar-refractivity contribution in [3.8, 4) is 11.4 Å². The molecule has 1 aliphatic rings. The van der Waals surface area contributed by atoms with Gasteiger partial charge in [-0.05, 0) is 50.0 Å². The number of rotatable bonds is 3. The first-order valence-electron chi connectivity index (χ1n) is 8.16. The molecule has 1 aliphatic heterocycles.